The van der Waals surface area contributed by atoms with Gasteiger partial charge in [-0.1, -0.05) is 12.1 Å². The van der Waals surface area contributed by atoms with Crippen LogP contribution in [0.5, 0.6) is 0 Å². The minimum absolute atomic E-state index is 0.331. The van der Waals surface area contributed by atoms with E-state index in [4.69, 9.17) is 0 Å². The summed E-state index contributed by atoms with van der Waals surface area (Å²) in [7, 11) is 0. The van der Waals surface area contributed by atoms with Crippen molar-refractivity contribution in [2.75, 3.05) is 0 Å². The van der Waals surface area contributed by atoms with E-state index in [-0.39, 0.29) is 5.82 Å². The Morgan fingerprint density at radius 2 is 2.15 bits per heavy atom. The Labute approximate surface area is 74.8 Å². The molecule has 0 aliphatic carbocycles. The average Bonchev–Trinajstić information content (AvgIpc) is 2.18. The third kappa shape index (κ3) is 1.18. The summed E-state index contributed by atoms with van der Waals surface area (Å²) in [5.74, 6) is -0.331. The topological polar surface area (TPSA) is 25.2 Å². The summed E-state index contributed by atoms with van der Waals surface area (Å²) < 4.78 is 13.2. The van der Waals surface area contributed by atoms with Crippen LogP contribution in [0.15, 0.2) is 35.5 Å². The smallest absolute Gasteiger partial charge is 0.149 e. The average molecular weight is 174 g/mol. The van der Waals surface area contributed by atoms with Crippen LogP contribution in [0.1, 0.15) is 0 Å². The third-order valence-corrected chi connectivity index (χ3v) is 1.87. The highest BCUT2D eigenvalue weighted by Crippen LogP contribution is 2.24. The first-order valence-electron chi connectivity index (χ1n) is 3.83. The largest absolute Gasteiger partial charge is 0.264 e. The van der Waals surface area contributed by atoms with Gasteiger partial charge in [0.15, 0.2) is 0 Å². The molecular weight excluding hydrogens is 167 g/mol. The van der Waals surface area contributed by atoms with Gasteiger partial charge in [0.25, 0.3) is 0 Å². The van der Waals surface area contributed by atoms with Gasteiger partial charge in [-0.25, -0.2) is 4.39 Å². The van der Waals surface area contributed by atoms with Crippen molar-refractivity contribution in [1.82, 2.24) is 4.98 Å². The number of halogens is 1. The van der Waals surface area contributed by atoms with Crippen LogP contribution >= 0.6 is 0 Å². The zero-order valence-electron chi connectivity index (χ0n) is 6.87. The van der Waals surface area contributed by atoms with Gasteiger partial charge >= 0.3 is 0 Å². The first kappa shape index (κ1) is 7.86. The second-order valence-corrected chi connectivity index (χ2v) is 2.62. The molecule has 0 atom stereocenters. The molecule has 0 N–H and O–H groups in total. The van der Waals surface area contributed by atoms with Crippen molar-refractivity contribution in [3.63, 3.8) is 0 Å². The minimum atomic E-state index is -0.331. The Morgan fingerprint density at radius 3 is 2.92 bits per heavy atom. The fourth-order valence-corrected chi connectivity index (χ4v) is 1.26. The summed E-state index contributed by atoms with van der Waals surface area (Å²) in [6, 6.07) is 6.49. The van der Waals surface area contributed by atoms with Crippen LogP contribution in [0.4, 0.5) is 10.1 Å². The molecule has 64 valence electrons. The molecule has 2 aromatic rings. The number of hydrogen-bond acceptors (Lipinski definition) is 2. The van der Waals surface area contributed by atoms with Gasteiger partial charge in [-0.15, -0.1) is 0 Å². The van der Waals surface area contributed by atoms with E-state index in [9.17, 15) is 4.39 Å². The van der Waals surface area contributed by atoms with Crippen molar-refractivity contribution in [3.05, 3.63) is 36.3 Å². The van der Waals surface area contributed by atoms with Gasteiger partial charge in [0.05, 0.1) is 5.69 Å². The summed E-state index contributed by atoms with van der Waals surface area (Å²) in [6.45, 7) is 3.41. The van der Waals surface area contributed by atoms with Gasteiger partial charge in [0.2, 0.25) is 0 Å². The zero-order chi connectivity index (χ0) is 9.26. The molecule has 3 heteroatoms. The first-order chi connectivity index (χ1) is 6.33. The van der Waals surface area contributed by atoms with Gasteiger partial charge in [-0.2, -0.15) is 0 Å². The molecule has 0 fully saturated rings. The fraction of sp³-hybridized carbons (Fsp3) is 0. The maximum absolute atomic E-state index is 13.2. The third-order valence-electron chi connectivity index (χ3n) is 1.87. The van der Waals surface area contributed by atoms with E-state index in [1.807, 2.05) is 0 Å². The number of fused-ring (bicyclic) bond motifs is 1. The van der Waals surface area contributed by atoms with Crippen LogP contribution in [0, 0.1) is 5.82 Å². The molecule has 0 spiro atoms. The number of pyridine rings is 1. The van der Waals surface area contributed by atoms with Crippen LogP contribution in [0.25, 0.3) is 10.9 Å². The van der Waals surface area contributed by atoms with Gasteiger partial charge in [0, 0.05) is 11.6 Å². The second-order valence-electron chi connectivity index (χ2n) is 2.62. The van der Waals surface area contributed by atoms with Crippen molar-refractivity contribution in [3.8, 4) is 0 Å². The minimum Gasteiger partial charge on any atom is -0.264 e. The van der Waals surface area contributed by atoms with Crippen LogP contribution in [-0.4, -0.2) is 11.7 Å². The summed E-state index contributed by atoms with van der Waals surface area (Å²) in [5, 5.41) is 0.692. The van der Waals surface area contributed by atoms with Crippen molar-refractivity contribution >= 4 is 23.3 Å². The molecule has 2 nitrogen and oxygen atoms in total. The van der Waals surface area contributed by atoms with Crippen LogP contribution in [0.3, 0.4) is 0 Å². The molecule has 0 amide bonds. The van der Waals surface area contributed by atoms with E-state index < -0.39 is 0 Å². The maximum Gasteiger partial charge on any atom is 0.149 e. The number of hydrogen-bond donors (Lipinski definition) is 0. The van der Waals surface area contributed by atoms with Gasteiger partial charge in [0.1, 0.15) is 11.3 Å². The highest BCUT2D eigenvalue weighted by atomic mass is 19.1. The van der Waals surface area contributed by atoms with E-state index in [1.54, 1.807) is 18.2 Å². The van der Waals surface area contributed by atoms with Gasteiger partial charge < -0.3 is 0 Å². The van der Waals surface area contributed by atoms with Gasteiger partial charge in [-0.05, 0) is 18.9 Å². The molecule has 13 heavy (non-hydrogen) atoms. The number of rotatable bonds is 1. The summed E-state index contributed by atoms with van der Waals surface area (Å²) in [6.07, 6.45) is 1.52. The molecule has 0 radical (unpaired) electrons. The standard InChI is InChI=1S/C10H7FN2/c1-12-9-5-6-13-10-7(9)3-2-4-8(10)11/h2-6H,1H2. The Bertz CT molecular complexity index is 465. The molecule has 0 saturated carbocycles. The highest BCUT2D eigenvalue weighted by Gasteiger charge is 2.03. The monoisotopic (exact) mass is 174 g/mol. The lowest BCUT2D eigenvalue weighted by molar-refractivity contribution is 0.637. The lowest BCUT2D eigenvalue weighted by Crippen LogP contribution is -1.82. The predicted molar refractivity (Wildman–Crippen MR) is 50.9 cm³/mol. The normalized spacial score (nSPS) is 10.2. The van der Waals surface area contributed by atoms with E-state index >= 15 is 0 Å². The molecule has 1 aromatic heterocycles. The van der Waals surface area contributed by atoms with E-state index in [0.29, 0.717) is 16.6 Å². The quantitative estimate of drug-likeness (QED) is 0.610. The molecule has 0 saturated heterocycles. The Hall–Kier alpha value is -1.77. The molecule has 1 heterocycles. The highest BCUT2D eigenvalue weighted by molar-refractivity contribution is 5.90. The molecule has 0 unspecified atom stereocenters. The number of aromatic nitrogens is 1. The Kier molecular flexibility index (Phi) is 1.77. The zero-order valence-corrected chi connectivity index (χ0v) is 6.87. The van der Waals surface area contributed by atoms with Crippen LogP contribution < -0.4 is 0 Å². The van der Waals surface area contributed by atoms with Crippen molar-refractivity contribution < 1.29 is 4.39 Å². The van der Waals surface area contributed by atoms with E-state index in [1.165, 1.54) is 12.3 Å². The summed E-state index contributed by atoms with van der Waals surface area (Å²) >= 11 is 0. The number of benzene rings is 1. The number of aliphatic imine (C=N–C) groups is 1. The molecule has 0 bridgehead atoms. The van der Waals surface area contributed by atoms with E-state index in [2.05, 4.69) is 16.7 Å². The van der Waals surface area contributed by atoms with Crippen LogP contribution in [-0.2, 0) is 0 Å². The predicted octanol–water partition coefficient (Wildman–Crippen LogP) is 2.71. The molecule has 2 rings (SSSR count). The van der Waals surface area contributed by atoms with E-state index in [0.717, 1.165) is 0 Å². The fourth-order valence-electron chi connectivity index (χ4n) is 1.26. The lowest BCUT2D eigenvalue weighted by Gasteiger charge is -2.00. The Balaban J connectivity index is 2.92. The summed E-state index contributed by atoms with van der Waals surface area (Å²) in [5.41, 5.74) is 0.997. The molecule has 0 aliphatic heterocycles. The molecule has 1 aromatic carbocycles. The number of para-hydroxylation sites is 1. The second kappa shape index (κ2) is 2.94. The SMILES string of the molecule is C=Nc1ccnc2c(F)cccc12. The first-order valence-corrected chi connectivity index (χ1v) is 3.83. The Morgan fingerprint density at radius 1 is 1.31 bits per heavy atom. The van der Waals surface area contributed by atoms with Crippen molar-refractivity contribution in [2.45, 2.75) is 0 Å². The molecule has 0 aliphatic rings. The van der Waals surface area contributed by atoms with Crippen molar-refractivity contribution in [2.24, 2.45) is 4.99 Å². The number of nitrogens with zero attached hydrogens (tertiary/aromatic N) is 2. The summed E-state index contributed by atoms with van der Waals surface area (Å²) in [4.78, 5) is 7.71. The van der Waals surface area contributed by atoms with Crippen LogP contribution in [0.2, 0.25) is 0 Å². The lowest BCUT2D eigenvalue weighted by atomic mass is 10.2. The van der Waals surface area contributed by atoms with Gasteiger partial charge in [-0.3, -0.25) is 9.98 Å². The molecular formula is C10H7FN2. The van der Waals surface area contributed by atoms with Crippen molar-refractivity contribution in [1.29, 1.82) is 0 Å². The maximum atomic E-state index is 13.2.